The molecule has 2 heterocycles. The van der Waals surface area contributed by atoms with Gasteiger partial charge in [-0.05, 0) is 49.3 Å². The van der Waals surface area contributed by atoms with Crippen LogP contribution in [0.1, 0.15) is 30.9 Å². The van der Waals surface area contributed by atoms with E-state index in [0.717, 1.165) is 5.92 Å². The van der Waals surface area contributed by atoms with Gasteiger partial charge in [0.2, 0.25) is 0 Å². The standard InChI is InChI=1S/C17H26N2/c1-14-6-9-18-17(12-14)13-19-10-7-15-4-2-3-5-16(15)8-11-19/h2-5,14,17-18H,6-13H2,1H3. The summed E-state index contributed by atoms with van der Waals surface area (Å²) < 4.78 is 0. The van der Waals surface area contributed by atoms with E-state index in [1.165, 1.54) is 51.9 Å². The summed E-state index contributed by atoms with van der Waals surface area (Å²) in [4.78, 5) is 2.66. The molecule has 2 atom stereocenters. The third-order valence-corrected chi connectivity index (χ3v) is 4.75. The molecule has 1 aromatic rings. The van der Waals surface area contributed by atoms with Crippen LogP contribution in [0.5, 0.6) is 0 Å². The van der Waals surface area contributed by atoms with Gasteiger partial charge in [-0.3, -0.25) is 0 Å². The van der Waals surface area contributed by atoms with Gasteiger partial charge in [-0.2, -0.15) is 0 Å². The number of nitrogens with one attached hydrogen (secondary N) is 1. The molecule has 1 fully saturated rings. The molecule has 2 unspecified atom stereocenters. The largest absolute Gasteiger partial charge is 0.313 e. The Balaban J connectivity index is 1.56. The second-order valence-corrected chi connectivity index (χ2v) is 6.35. The molecule has 0 radical (unpaired) electrons. The second-order valence-electron chi connectivity index (χ2n) is 6.35. The van der Waals surface area contributed by atoms with E-state index in [1.807, 2.05) is 0 Å². The predicted octanol–water partition coefficient (Wildman–Crippen LogP) is 2.48. The fourth-order valence-electron chi connectivity index (χ4n) is 3.57. The van der Waals surface area contributed by atoms with E-state index >= 15 is 0 Å². The van der Waals surface area contributed by atoms with Gasteiger partial charge in [-0.25, -0.2) is 0 Å². The van der Waals surface area contributed by atoms with Crippen molar-refractivity contribution < 1.29 is 0 Å². The van der Waals surface area contributed by atoms with Crippen LogP contribution in [0.2, 0.25) is 0 Å². The number of piperidine rings is 1. The molecular weight excluding hydrogens is 232 g/mol. The average molecular weight is 258 g/mol. The van der Waals surface area contributed by atoms with Crippen LogP contribution in [-0.2, 0) is 12.8 Å². The molecule has 1 N–H and O–H groups in total. The summed E-state index contributed by atoms with van der Waals surface area (Å²) in [7, 11) is 0. The molecule has 2 aliphatic heterocycles. The Morgan fingerprint density at radius 1 is 1.16 bits per heavy atom. The first-order valence-electron chi connectivity index (χ1n) is 7.84. The zero-order valence-corrected chi connectivity index (χ0v) is 12.1. The highest BCUT2D eigenvalue weighted by Crippen LogP contribution is 2.19. The number of hydrogen-bond donors (Lipinski definition) is 1. The van der Waals surface area contributed by atoms with Crippen molar-refractivity contribution in [3.05, 3.63) is 35.4 Å². The van der Waals surface area contributed by atoms with E-state index < -0.39 is 0 Å². The van der Waals surface area contributed by atoms with Crippen LogP contribution in [0.4, 0.5) is 0 Å². The van der Waals surface area contributed by atoms with Crippen LogP contribution in [0, 0.1) is 5.92 Å². The van der Waals surface area contributed by atoms with Crippen molar-refractivity contribution in [1.82, 2.24) is 10.2 Å². The molecule has 19 heavy (non-hydrogen) atoms. The number of benzene rings is 1. The summed E-state index contributed by atoms with van der Waals surface area (Å²) in [5.41, 5.74) is 3.13. The van der Waals surface area contributed by atoms with Gasteiger partial charge >= 0.3 is 0 Å². The van der Waals surface area contributed by atoms with E-state index in [-0.39, 0.29) is 0 Å². The second kappa shape index (κ2) is 6.06. The molecule has 2 aliphatic rings. The van der Waals surface area contributed by atoms with Crippen LogP contribution in [0.25, 0.3) is 0 Å². The predicted molar refractivity (Wildman–Crippen MR) is 80.5 cm³/mol. The molecule has 0 aliphatic carbocycles. The number of fused-ring (bicyclic) bond motifs is 1. The van der Waals surface area contributed by atoms with Gasteiger partial charge in [-0.1, -0.05) is 31.2 Å². The van der Waals surface area contributed by atoms with Crippen molar-refractivity contribution in [3.63, 3.8) is 0 Å². The maximum Gasteiger partial charge on any atom is 0.0197 e. The SMILES string of the molecule is CC1CCNC(CN2CCc3ccccc3CC2)C1. The summed E-state index contributed by atoms with van der Waals surface area (Å²) >= 11 is 0. The molecule has 2 heteroatoms. The maximum absolute atomic E-state index is 3.70. The monoisotopic (exact) mass is 258 g/mol. The van der Waals surface area contributed by atoms with Gasteiger partial charge in [0.1, 0.15) is 0 Å². The number of rotatable bonds is 2. The lowest BCUT2D eigenvalue weighted by Gasteiger charge is -2.32. The number of nitrogens with zero attached hydrogens (tertiary/aromatic N) is 1. The van der Waals surface area contributed by atoms with Crippen molar-refractivity contribution in [2.75, 3.05) is 26.2 Å². The average Bonchev–Trinajstić information content (AvgIpc) is 2.62. The molecule has 0 saturated carbocycles. The van der Waals surface area contributed by atoms with Gasteiger partial charge < -0.3 is 10.2 Å². The first kappa shape index (κ1) is 13.1. The molecule has 1 aromatic carbocycles. The van der Waals surface area contributed by atoms with Crippen molar-refractivity contribution in [1.29, 1.82) is 0 Å². The fraction of sp³-hybridized carbons (Fsp3) is 0.647. The van der Waals surface area contributed by atoms with Gasteiger partial charge in [0.15, 0.2) is 0 Å². The lowest BCUT2D eigenvalue weighted by molar-refractivity contribution is 0.212. The molecular formula is C17H26N2. The van der Waals surface area contributed by atoms with Crippen LogP contribution in [-0.4, -0.2) is 37.1 Å². The normalized spacial score (nSPS) is 28.7. The lowest BCUT2D eigenvalue weighted by Crippen LogP contribution is -2.46. The van der Waals surface area contributed by atoms with Crippen molar-refractivity contribution in [2.45, 2.75) is 38.6 Å². The van der Waals surface area contributed by atoms with Gasteiger partial charge in [0.25, 0.3) is 0 Å². The van der Waals surface area contributed by atoms with Crippen molar-refractivity contribution in [3.8, 4) is 0 Å². The Morgan fingerprint density at radius 2 is 1.84 bits per heavy atom. The highest BCUT2D eigenvalue weighted by molar-refractivity contribution is 5.28. The zero-order chi connectivity index (χ0) is 13.1. The van der Waals surface area contributed by atoms with Crippen molar-refractivity contribution >= 4 is 0 Å². The van der Waals surface area contributed by atoms with E-state index in [4.69, 9.17) is 0 Å². The van der Waals surface area contributed by atoms with E-state index in [0.29, 0.717) is 6.04 Å². The summed E-state index contributed by atoms with van der Waals surface area (Å²) in [6.45, 7) is 7.29. The van der Waals surface area contributed by atoms with Crippen LogP contribution in [0.3, 0.4) is 0 Å². The lowest BCUT2D eigenvalue weighted by atomic mass is 9.94. The van der Waals surface area contributed by atoms with Crippen LogP contribution in [0.15, 0.2) is 24.3 Å². The summed E-state index contributed by atoms with van der Waals surface area (Å²) in [5.74, 6) is 0.899. The molecule has 0 spiro atoms. The smallest absolute Gasteiger partial charge is 0.0197 e. The van der Waals surface area contributed by atoms with Gasteiger partial charge in [-0.15, -0.1) is 0 Å². The Labute approximate surface area is 117 Å². The minimum Gasteiger partial charge on any atom is -0.313 e. The Morgan fingerprint density at radius 3 is 2.47 bits per heavy atom. The third-order valence-electron chi connectivity index (χ3n) is 4.75. The van der Waals surface area contributed by atoms with E-state index in [2.05, 4.69) is 41.4 Å². The van der Waals surface area contributed by atoms with Crippen LogP contribution < -0.4 is 5.32 Å². The molecule has 1 saturated heterocycles. The summed E-state index contributed by atoms with van der Waals surface area (Å²) in [6.07, 6.45) is 5.14. The molecule has 104 valence electrons. The first-order valence-corrected chi connectivity index (χ1v) is 7.84. The number of hydrogen-bond acceptors (Lipinski definition) is 2. The topological polar surface area (TPSA) is 15.3 Å². The third kappa shape index (κ3) is 3.37. The first-order chi connectivity index (χ1) is 9.31. The van der Waals surface area contributed by atoms with E-state index in [1.54, 1.807) is 11.1 Å². The van der Waals surface area contributed by atoms with E-state index in [9.17, 15) is 0 Å². The molecule has 0 bridgehead atoms. The Bertz CT molecular complexity index is 388. The highest BCUT2D eigenvalue weighted by atomic mass is 15.1. The minimum atomic E-state index is 0.713. The molecule has 3 rings (SSSR count). The summed E-state index contributed by atoms with van der Waals surface area (Å²) in [6, 6.07) is 9.68. The van der Waals surface area contributed by atoms with Crippen LogP contribution >= 0.6 is 0 Å². The summed E-state index contributed by atoms with van der Waals surface area (Å²) in [5, 5.41) is 3.70. The van der Waals surface area contributed by atoms with Gasteiger partial charge in [0, 0.05) is 25.7 Å². The molecule has 0 amide bonds. The van der Waals surface area contributed by atoms with Crippen molar-refractivity contribution in [2.24, 2.45) is 5.92 Å². The quantitative estimate of drug-likeness (QED) is 0.876. The minimum absolute atomic E-state index is 0.713. The molecule has 0 aromatic heterocycles. The molecule has 2 nitrogen and oxygen atoms in total. The maximum atomic E-state index is 3.70. The Hall–Kier alpha value is -0.860. The fourth-order valence-corrected chi connectivity index (χ4v) is 3.57. The zero-order valence-electron chi connectivity index (χ0n) is 12.1. The van der Waals surface area contributed by atoms with Gasteiger partial charge in [0.05, 0.1) is 0 Å². The highest BCUT2D eigenvalue weighted by Gasteiger charge is 2.21. The Kier molecular flexibility index (Phi) is 4.19.